The Morgan fingerprint density at radius 2 is 1.90 bits per heavy atom. The molecule has 12 heteroatoms. The summed E-state index contributed by atoms with van der Waals surface area (Å²) in [5, 5.41) is 54.0. The van der Waals surface area contributed by atoms with Gasteiger partial charge in [0, 0.05) is 5.56 Å². The minimum Gasteiger partial charge on any atom is -0.394 e. The van der Waals surface area contributed by atoms with E-state index >= 15 is 0 Å². The van der Waals surface area contributed by atoms with Crippen LogP contribution < -0.4 is 10.9 Å². The maximum absolute atomic E-state index is 13.0. The summed E-state index contributed by atoms with van der Waals surface area (Å²) in [4.78, 5) is 21.3. The molecule has 0 radical (unpaired) electrons. The molecule has 0 bridgehead atoms. The number of aromatic nitrogens is 4. The van der Waals surface area contributed by atoms with Crippen molar-refractivity contribution in [3.63, 3.8) is 0 Å². The highest BCUT2D eigenvalue weighted by molar-refractivity contribution is 5.72. The van der Waals surface area contributed by atoms with Gasteiger partial charge in [0.2, 0.25) is 11.7 Å². The van der Waals surface area contributed by atoms with E-state index < -0.39 is 48.7 Å². The molecule has 3 unspecified atom stereocenters. The first kappa shape index (κ1) is 19.1. The Bertz CT molecular complexity index is 1160. The molecule has 12 nitrogen and oxygen atoms in total. The van der Waals surface area contributed by atoms with Gasteiger partial charge in [-0.1, -0.05) is 30.3 Å². The van der Waals surface area contributed by atoms with Crippen LogP contribution in [0.15, 0.2) is 41.5 Å². The molecule has 0 spiro atoms. The number of aliphatic hydroxyl groups excluding tert-OH is 4. The van der Waals surface area contributed by atoms with Crippen molar-refractivity contribution < 1.29 is 30.3 Å². The van der Waals surface area contributed by atoms with E-state index in [2.05, 4.69) is 15.3 Å². The molecule has 1 aromatic carbocycles. The molecule has 30 heavy (non-hydrogen) atoms. The molecule has 6 atom stereocenters. The van der Waals surface area contributed by atoms with Crippen molar-refractivity contribution in [2.24, 2.45) is 0 Å². The zero-order chi connectivity index (χ0) is 21.2. The summed E-state index contributed by atoms with van der Waals surface area (Å²) in [6, 6.07) is 8.27. The summed E-state index contributed by atoms with van der Waals surface area (Å²) in [5.74, 6) is -0.111. The van der Waals surface area contributed by atoms with Gasteiger partial charge < -0.3 is 35.6 Å². The van der Waals surface area contributed by atoms with Gasteiger partial charge >= 0.3 is 0 Å². The average Bonchev–Trinajstić information content (AvgIpc) is 3.37. The van der Waals surface area contributed by atoms with Crippen LogP contribution in [-0.4, -0.2) is 69.6 Å². The van der Waals surface area contributed by atoms with Crippen molar-refractivity contribution in [2.45, 2.75) is 36.5 Å². The molecule has 1 fully saturated rings. The van der Waals surface area contributed by atoms with E-state index in [0.717, 1.165) is 4.57 Å². The number of imidazole rings is 1. The highest BCUT2D eigenvalue weighted by Crippen LogP contribution is 2.39. The van der Waals surface area contributed by atoms with Gasteiger partial charge in [-0.3, -0.25) is 9.36 Å². The van der Waals surface area contributed by atoms with Crippen LogP contribution in [0.4, 0.5) is 5.95 Å². The van der Waals surface area contributed by atoms with Gasteiger partial charge in [0.25, 0.3) is 5.56 Å². The topological polar surface area (TPSA) is 175 Å². The van der Waals surface area contributed by atoms with Crippen molar-refractivity contribution >= 4 is 17.1 Å². The average molecular weight is 417 g/mol. The number of ether oxygens (including phenoxy) is 1. The summed E-state index contributed by atoms with van der Waals surface area (Å²) in [6.45, 7) is -0.509. The Kier molecular flexibility index (Phi) is 4.18. The smallest absolute Gasteiger partial charge is 0.285 e. The molecule has 4 heterocycles. The second kappa shape index (κ2) is 6.57. The van der Waals surface area contributed by atoms with Gasteiger partial charge in [-0.15, -0.1) is 0 Å². The summed E-state index contributed by atoms with van der Waals surface area (Å²) < 4.78 is 7.64. The second-order valence-electron chi connectivity index (χ2n) is 7.29. The summed E-state index contributed by atoms with van der Waals surface area (Å²) in [6.07, 6.45) is -5.34. The number of nitrogens with one attached hydrogen (secondary N) is 1. The Morgan fingerprint density at radius 1 is 1.17 bits per heavy atom. The lowest BCUT2D eigenvalue weighted by molar-refractivity contribution is -0.0851. The third-order valence-electron chi connectivity index (χ3n) is 5.55. The first-order valence-electron chi connectivity index (χ1n) is 9.22. The van der Waals surface area contributed by atoms with Crippen LogP contribution in [0.25, 0.3) is 11.2 Å². The normalized spacial score (nSPS) is 33.0. The van der Waals surface area contributed by atoms with Crippen LogP contribution in [0.3, 0.4) is 0 Å². The van der Waals surface area contributed by atoms with E-state index in [9.17, 15) is 30.3 Å². The zero-order valence-corrected chi connectivity index (χ0v) is 15.4. The van der Waals surface area contributed by atoms with E-state index in [1.165, 1.54) is 10.9 Å². The number of nitrogens with zero attached hydrogens (tertiary/aromatic N) is 4. The van der Waals surface area contributed by atoms with Gasteiger partial charge in [-0.05, 0) is 0 Å². The maximum Gasteiger partial charge on any atom is 0.285 e. The third kappa shape index (κ3) is 2.46. The Balaban J connectivity index is 1.62. The molecular formula is C18H19N5O7. The van der Waals surface area contributed by atoms with Crippen LogP contribution in [0.1, 0.15) is 18.0 Å². The quantitative estimate of drug-likeness (QED) is 0.279. The predicted octanol–water partition coefficient (Wildman–Crippen LogP) is -2.03. The van der Waals surface area contributed by atoms with Crippen molar-refractivity contribution in [3.8, 4) is 0 Å². The summed E-state index contributed by atoms with van der Waals surface area (Å²) in [5.41, 5.74) is -2.50. The van der Waals surface area contributed by atoms with Crippen molar-refractivity contribution in [2.75, 3.05) is 11.9 Å². The fourth-order valence-corrected chi connectivity index (χ4v) is 3.93. The van der Waals surface area contributed by atoms with Crippen LogP contribution in [0.5, 0.6) is 0 Å². The maximum atomic E-state index is 13.0. The second-order valence-corrected chi connectivity index (χ2v) is 7.29. The van der Waals surface area contributed by atoms with Crippen molar-refractivity contribution in [1.29, 1.82) is 0 Å². The summed E-state index contributed by atoms with van der Waals surface area (Å²) in [7, 11) is 0. The SMILES string of the molecule is O=c1c2ncn([C@@H]3O[C@H](CO)[C@H](O)C3O)c2nc2n1C(O)C(O)(c1ccccc1)N2. The lowest BCUT2D eigenvalue weighted by Crippen LogP contribution is -2.39. The lowest BCUT2D eigenvalue weighted by Gasteiger charge is -2.26. The number of fused-ring (bicyclic) bond motifs is 2. The molecular weight excluding hydrogens is 398 g/mol. The number of rotatable bonds is 3. The largest absolute Gasteiger partial charge is 0.394 e. The van der Waals surface area contributed by atoms with E-state index in [4.69, 9.17) is 4.74 Å². The van der Waals surface area contributed by atoms with Crippen molar-refractivity contribution in [1.82, 2.24) is 19.1 Å². The fraction of sp³-hybridized carbons (Fsp3) is 0.389. The third-order valence-corrected chi connectivity index (χ3v) is 5.55. The van der Waals surface area contributed by atoms with Crippen LogP contribution in [0.2, 0.25) is 0 Å². The molecule has 158 valence electrons. The molecule has 2 aromatic heterocycles. The molecule has 1 saturated heterocycles. The van der Waals surface area contributed by atoms with E-state index in [-0.39, 0.29) is 17.1 Å². The van der Waals surface area contributed by atoms with E-state index in [1.54, 1.807) is 30.3 Å². The number of hydrogen-bond donors (Lipinski definition) is 6. The van der Waals surface area contributed by atoms with E-state index in [0.29, 0.717) is 5.56 Å². The van der Waals surface area contributed by atoms with Crippen LogP contribution in [0, 0.1) is 0 Å². The minimum atomic E-state index is -1.99. The molecule has 2 aliphatic heterocycles. The zero-order valence-electron chi connectivity index (χ0n) is 15.4. The van der Waals surface area contributed by atoms with Crippen LogP contribution >= 0.6 is 0 Å². The number of aliphatic hydroxyl groups is 5. The predicted molar refractivity (Wildman–Crippen MR) is 100 cm³/mol. The molecule has 5 rings (SSSR count). The molecule has 0 saturated carbocycles. The Hall–Kier alpha value is -2.87. The molecule has 2 aliphatic rings. The molecule has 3 aromatic rings. The minimum absolute atomic E-state index is 0.0121. The number of anilines is 1. The molecule has 0 aliphatic carbocycles. The first-order chi connectivity index (χ1) is 14.4. The molecule has 0 amide bonds. The highest BCUT2D eigenvalue weighted by Gasteiger charge is 2.48. The van der Waals surface area contributed by atoms with Crippen LogP contribution in [-0.2, 0) is 10.5 Å². The van der Waals surface area contributed by atoms with E-state index in [1.807, 2.05) is 0 Å². The first-order valence-corrected chi connectivity index (χ1v) is 9.22. The Morgan fingerprint density at radius 3 is 2.57 bits per heavy atom. The summed E-state index contributed by atoms with van der Waals surface area (Å²) >= 11 is 0. The monoisotopic (exact) mass is 417 g/mol. The highest BCUT2D eigenvalue weighted by atomic mass is 16.6. The van der Waals surface area contributed by atoms with Crippen molar-refractivity contribution in [3.05, 3.63) is 52.6 Å². The number of hydrogen-bond acceptors (Lipinski definition) is 10. The van der Waals surface area contributed by atoms with Gasteiger partial charge in [0.15, 0.2) is 23.6 Å². The lowest BCUT2D eigenvalue weighted by atomic mass is 10.0. The Labute approximate surface area is 168 Å². The number of benzene rings is 1. The van der Waals surface area contributed by atoms with Gasteiger partial charge in [-0.2, -0.15) is 4.98 Å². The van der Waals surface area contributed by atoms with Gasteiger partial charge in [-0.25, -0.2) is 9.55 Å². The van der Waals surface area contributed by atoms with Gasteiger partial charge in [0.05, 0.1) is 12.9 Å². The molecule has 6 N–H and O–H groups in total. The van der Waals surface area contributed by atoms with Gasteiger partial charge in [0.1, 0.15) is 18.3 Å². The standard InChI is InChI=1S/C18H19N5O7/c24-6-9-11(25)12(26)15(30-9)22-7-19-10-13(22)20-17-21-18(29,8-4-2-1-3-5-8)16(28)23(17)14(10)27/h1-5,7,9,11-12,15-16,24-26,28-29H,6H2,(H,20,21)/t9-,11+,12?,15-,16?,18?/m1/s1. The fourth-order valence-electron chi connectivity index (χ4n) is 3.93.